The van der Waals surface area contributed by atoms with E-state index < -0.39 is 0 Å². The molecule has 0 saturated carbocycles. The van der Waals surface area contributed by atoms with Crippen LogP contribution in [0.5, 0.6) is 0 Å². The summed E-state index contributed by atoms with van der Waals surface area (Å²) in [6.07, 6.45) is 4.29. The molecular weight excluding hydrogens is 284 g/mol. The van der Waals surface area contributed by atoms with Gasteiger partial charge in [-0.15, -0.1) is 0 Å². The number of para-hydroxylation sites is 2. The zero-order valence-electron chi connectivity index (χ0n) is 13.3. The predicted octanol–water partition coefficient (Wildman–Crippen LogP) is 4.08. The second-order valence-electron chi connectivity index (χ2n) is 6.31. The first kappa shape index (κ1) is 14.1. The van der Waals surface area contributed by atoms with Crippen LogP contribution in [0.2, 0.25) is 0 Å². The SMILES string of the molecule is C[C@@H]1Cc2ccccc2N1C(=O)CCc1c[nH]c2ccccc12. The Morgan fingerprint density at radius 3 is 2.87 bits per heavy atom. The lowest BCUT2D eigenvalue weighted by molar-refractivity contribution is -0.118. The summed E-state index contributed by atoms with van der Waals surface area (Å²) < 4.78 is 0. The highest BCUT2D eigenvalue weighted by Crippen LogP contribution is 2.32. The first-order valence-corrected chi connectivity index (χ1v) is 8.19. The van der Waals surface area contributed by atoms with Crippen LogP contribution in [-0.4, -0.2) is 16.9 Å². The summed E-state index contributed by atoms with van der Waals surface area (Å²) in [6.45, 7) is 2.13. The van der Waals surface area contributed by atoms with E-state index in [9.17, 15) is 4.79 Å². The van der Waals surface area contributed by atoms with Crippen molar-refractivity contribution in [3.05, 3.63) is 65.9 Å². The van der Waals surface area contributed by atoms with Crippen LogP contribution in [0.15, 0.2) is 54.7 Å². The summed E-state index contributed by atoms with van der Waals surface area (Å²) in [6, 6.07) is 16.7. The number of hydrogen-bond donors (Lipinski definition) is 1. The molecule has 3 heteroatoms. The number of anilines is 1. The third-order valence-electron chi connectivity index (χ3n) is 4.76. The summed E-state index contributed by atoms with van der Waals surface area (Å²) in [4.78, 5) is 18.0. The Hall–Kier alpha value is -2.55. The topological polar surface area (TPSA) is 36.1 Å². The van der Waals surface area contributed by atoms with E-state index in [1.807, 2.05) is 35.4 Å². The minimum atomic E-state index is 0.215. The lowest BCUT2D eigenvalue weighted by atomic mass is 10.1. The average molecular weight is 304 g/mol. The molecule has 3 aromatic rings. The van der Waals surface area contributed by atoms with Crippen LogP contribution in [0.3, 0.4) is 0 Å². The van der Waals surface area contributed by atoms with Gasteiger partial charge in [0.2, 0.25) is 5.91 Å². The summed E-state index contributed by atoms with van der Waals surface area (Å²) in [5.41, 5.74) is 4.72. The van der Waals surface area contributed by atoms with Gasteiger partial charge < -0.3 is 9.88 Å². The molecule has 2 heterocycles. The maximum Gasteiger partial charge on any atom is 0.227 e. The first-order chi connectivity index (χ1) is 11.2. The number of carbonyl (C=O) groups is 1. The molecule has 1 N–H and O–H groups in total. The number of nitrogens with one attached hydrogen (secondary N) is 1. The number of hydrogen-bond acceptors (Lipinski definition) is 1. The fourth-order valence-electron chi connectivity index (χ4n) is 3.65. The second-order valence-corrected chi connectivity index (χ2v) is 6.31. The van der Waals surface area contributed by atoms with E-state index in [4.69, 9.17) is 0 Å². The first-order valence-electron chi connectivity index (χ1n) is 8.19. The summed E-state index contributed by atoms with van der Waals surface area (Å²) in [5.74, 6) is 0.215. The van der Waals surface area contributed by atoms with Gasteiger partial charge in [-0.3, -0.25) is 4.79 Å². The summed E-state index contributed by atoms with van der Waals surface area (Å²) in [5, 5.41) is 1.22. The van der Waals surface area contributed by atoms with Crippen molar-refractivity contribution >= 4 is 22.5 Å². The number of aromatic nitrogens is 1. The molecule has 4 rings (SSSR count). The molecule has 1 aliphatic heterocycles. The quantitative estimate of drug-likeness (QED) is 0.777. The molecule has 2 aromatic carbocycles. The van der Waals surface area contributed by atoms with Gasteiger partial charge in [0.15, 0.2) is 0 Å². The predicted molar refractivity (Wildman–Crippen MR) is 93.7 cm³/mol. The number of amides is 1. The molecule has 116 valence electrons. The molecule has 0 radical (unpaired) electrons. The van der Waals surface area contributed by atoms with Gasteiger partial charge in [0.25, 0.3) is 0 Å². The van der Waals surface area contributed by atoms with Gasteiger partial charge in [0.1, 0.15) is 0 Å². The van der Waals surface area contributed by atoms with E-state index in [0.717, 1.165) is 24.0 Å². The third kappa shape index (κ3) is 2.42. The van der Waals surface area contributed by atoms with Crippen molar-refractivity contribution < 1.29 is 4.79 Å². The Labute approximate surface area is 135 Å². The second kappa shape index (κ2) is 5.58. The zero-order valence-corrected chi connectivity index (χ0v) is 13.3. The molecule has 1 aliphatic rings. The van der Waals surface area contributed by atoms with Gasteiger partial charge >= 0.3 is 0 Å². The Morgan fingerprint density at radius 2 is 1.96 bits per heavy atom. The van der Waals surface area contributed by atoms with Gasteiger partial charge in [0.05, 0.1) is 0 Å². The lowest BCUT2D eigenvalue weighted by Gasteiger charge is -2.22. The number of aryl methyl sites for hydroxylation is 1. The van der Waals surface area contributed by atoms with Crippen LogP contribution in [0.1, 0.15) is 24.5 Å². The normalized spacial score (nSPS) is 16.7. The van der Waals surface area contributed by atoms with Crippen molar-refractivity contribution in [3.8, 4) is 0 Å². The highest BCUT2D eigenvalue weighted by Gasteiger charge is 2.30. The number of rotatable bonds is 3. The fourth-order valence-corrected chi connectivity index (χ4v) is 3.65. The number of benzene rings is 2. The number of aromatic amines is 1. The van der Waals surface area contributed by atoms with E-state index in [-0.39, 0.29) is 11.9 Å². The highest BCUT2D eigenvalue weighted by atomic mass is 16.2. The van der Waals surface area contributed by atoms with Crippen LogP contribution in [0.25, 0.3) is 10.9 Å². The van der Waals surface area contributed by atoms with E-state index >= 15 is 0 Å². The lowest BCUT2D eigenvalue weighted by Crippen LogP contribution is -2.35. The molecule has 1 atom stereocenters. The highest BCUT2D eigenvalue weighted by molar-refractivity contribution is 5.96. The Kier molecular flexibility index (Phi) is 3.41. The minimum absolute atomic E-state index is 0.215. The summed E-state index contributed by atoms with van der Waals surface area (Å²) in [7, 11) is 0. The Balaban J connectivity index is 1.52. The van der Waals surface area contributed by atoms with E-state index in [1.165, 1.54) is 16.5 Å². The fraction of sp³-hybridized carbons (Fsp3) is 0.250. The van der Waals surface area contributed by atoms with Crippen molar-refractivity contribution in [3.63, 3.8) is 0 Å². The third-order valence-corrected chi connectivity index (χ3v) is 4.76. The van der Waals surface area contributed by atoms with Crippen molar-refractivity contribution in [2.45, 2.75) is 32.2 Å². The molecule has 0 bridgehead atoms. The standard InChI is InChI=1S/C20H20N2O/c1-14-12-15-6-2-5-9-19(15)22(14)20(23)11-10-16-13-21-18-8-4-3-7-17(16)18/h2-9,13-14,21H,10-12H2,1H3/t14-/m1/s1. The van der Waals surface area contributed by atoms with Crippen LogP contribution >= 0.6 is 0 Å². The van der Waals surface area contributed by atoms with Gasteiger partial charge in [-0.1, -0.05) is 36.4 Å². The average Bonchev–Trinajstić information content (AvgIpc) is 3.12. The molecule has 0 fully saturated rings. The molecule has 0 spiro atoms. The van der Waals surface area contributed by atoms with Crippen LogP contribution in [-0.2, 0) is 17.6 Å². The van der Waals surface area contributed by atoms with Crippen molar-refractivity contribution in [1.29, 1.82) is 0 Å². The monoisotopic (exact) mass is 304 g/mol. The maximum absolute atomic E-state index is 12.8. The number of nitrogens with zero attached hydrogens (tertiary/aromatic N) is 1. The van der Waals surface area contributed by atoms with Crippen molar-refractivity contribution in [2.24, 2.45) is 0 Å². The van der Waals surface area contributed by atoms with E-state index in [2.05, 4.69) is 36.2 Å². The van der Waals surface area contributed by atoms with E-state index in [0.29, 0.717) is 6.42 Å². The van der Waals surface area contributed by atoms with Gasteiger partial charge in [-0.25, -0.2) is 0 Å². The van der Waals surface area contributed by atoms with Gasteiger partial charge in [0, 0.05) is 35.2 Å². The van der Waals surface area contributed by atoms with Crippen LogP contribution in [0.4, 0.5) is 5.69 Å². The zero-order chi connectivity index (χ0) is 15.8. The molecule has 0 unspecified atom stereocenters. The van der Waals surface area contributed by atoms with Gasteiger partial charge in [-0.2, -0.15) is 0 Å². The van der Waals surface area contributed by atoms with Crippen LogP contribution < -0.4 is 4.90 Å². The maximum atomic E-state index is 12.8. The van der Waals surface area contributed by atoms with E-state index in [1.54, 1.807) is 0 Å². The number of fused-ring (bicyclic) bond motifs is 2. The summed E-state index contributed by atoms with van der Waals surface area (Å²) >= 11 is 0. The smallest absolute Gasteiger partial charge is 0.227 e. The largest absolute Gasteiger partial charge is 0.361 e. The molecule has 0 aliphatic carbocycles. The molecule has 1 amide bonds. The van der Waals surface area contributed by atoms with Gasteiger partial charge in [-0.05, 0) is 43.0 Å². The number of H-pyrrole nitrogens is 1. The molecule has 23 heavy (non-hydrogen) atoms. The Morgan fingerprint density at radius 1 is 1.17 bits per heavy atom. The number of carbonyl (C=O) groups excluding carboxylic acids is 1. The Bertz CT molecular complexity index is 865. The molecule has 0 saturated heterocycles. The molecule has 3 nitrogen and oxygen atoms in total. The minimum Gasteiger partial charge on any atom is -0.361 e. The van der Waals surface area contributed by atoms with Crippen molar-refractivity contribution in [2.75, 3.05) is 4.90 Å². The van der Waals surface area contributed by atoms with Crippen LogP contribution in [0, 0.1) is 0 Å². The molecular formula is C20H20N2O. The molecule has 1 aromatic heterocycles. The van der Waals surface area contributed by atoms with Crippen molar-refractivity contribution in [1.82, 2.24) is 4.98 Å².